The molecule has 8 heteroatoms. The van der Waals surface area contributed by atoms with Crippen molar-refractivity contribution < 1.29 is 19.0 Å². The monoisotopic (exact) mass is 489 g/mol. The van der Waals surface area contributed by atoms with Crippen LogP contribution in [-0.2, 0) is 13.2 Å². The molecule has 0 aliphatic carbocycles. The number of rotatable bonds is 11. The summed E-state index contributed by atoms with van der Waals surface area (Å²) in [6.07, 6.45) is 0. The zero-order chi connectivity index (χ0) is 24.6. The average Bonchev–Trinajstić information content (AvgIpc) is 3.28. The second kappa shape index (κ2) is 11.6. The molecule has 4 rings (SSSR count). The summed E-state index contributed by atoms with van der Waals surface area (Å²) in [5.41, 5.74) is 2.74. The van der Waals surface area contributed by atoms with E-state index in [1.165, 1.54) is 17.3 Å². The van der Waals surface area contributed by atoms with Crippen LogP contribution < -0.4 is 14.2 Å². The van der Waals surface area contributed by atoms with E-state index < -0.39 is 0 Å². The molecule has 180 valence electrons. The van der Waals surface area contributed by atoms with Crippen LogP contribution in [0.5, 0.6) is 17.2 Å². The number of carbonyl (C=O) groups excluding carboxylic acids is 1. The van der Waals surface area contributed by atoms with Gasteiger partial charge in [-0.15, -0.1) is 10.2 Å². The van der Waals surface area contributed by atoms with Crippen LogP contribution in [-0.4, -0.2) is 40.5 Å². The van der Waals surface area contributed by atoms with Gasteiger partial charge in [0.2, 0.25) is 0 Å². The lowest BCUT2D eigenvalue weighted by atomic mass is 10.1. The highest BCUT2D eigenvalue weighted by molar-refractivity contribution is 7.99. The lowest BCUT2D eigenvalue weighted by Crippen LogP contribution is -2.11. The highest BCUT2D eigenvalue weighted by Crippen LogP contribution is 2.27. The van der Waals surface area contributed by atoms with E-state index in [4.69, 9.17) is 14.2 Å². The molecule has 0 atom stereocenters. The third-order valence-corrected chi connectivity index (χ3v) is 6.37. The molecule has 0 amide bonds. The number of ether oxygens (including phenoxy) is 3. The highest BCUT2D eigenvalue weighted by Gasteiger charge is 2.18. The van der Waals surface area contributed by atoms with Crippen LogP contribution in [0.1, 0.15) is 27.3 Å². The molecule has 0 aliphatic heterocycles. The Morgan fingerprint density at radius 1 is 0.914 bits per heavy atom. The first kappa shape index (κ1) is 24.3. The number of carbonyl (C=O) groups is 1. The van der Waals surface area contributed by atoms with Crippen molar-refractivity contribution in [2.24, 2.45) is 0 Å². The largest absolute Gasteiger partial charge is 0.497 e. The summed E-state index contributed by atoms with van der Waals surface area (Å²) in [7, 11) is 3.11. The molecule has 0 bridgehead atoms. The van der Waals surface area contributed by atoms with Gasteiger partial charge in [0.15, 0.2) is 16.8 Å². The Kier molecular flexibility index (Phi) is 8.05. The standard InChI is InChI=1S/C27H27N3O4S/c1-19-9-11-21(12-10-19)34-17-26-28-29-27(30(26)16-20-7-5-4-6-8-20)35-18-24(31)23-15-22(32-2)13-14-25(23)33-3/h4-15H,16-18H2,1-3H3. The van der Waals surface area contributed by atoms with Gasteiger partial charge in [-0.1, -0.05) is 59.8 Å². The number of methoxy groups -OCH3 is 2. The van der Waals surface area contributed by atoms with Crippen LogP contribution >= 0.6 is 11.8 Å². The minimum atomic E-state index is -0.0857. The lowest BCUT2D eigenvalue weighted by molar-refractivity contribution is 0.101. The summed E-state index contributed by atoms with van der Waals surface area (Å²) in [5.74, 6) is 2.64. The lowest BCUT2D eigenvalue weighted by Gasteiger charge is -2.12. The van der Waals surface area contributed by atoms with Crippen molar-refractivity contribution in [1.82, 2.24) is 14.8 Å². The Labute approximate surface area is 209 Å². The van der Waals surface area contributed by atoms with Crippen molar-refractivity contribution in [3.05, 3.63) is 95.3 Å². The first-order valence-corrected chi connectivity index (χ1v) is 12.1. The second-order valence-corrected chi connectivity index (χ2v) is 8.79. The molecule has 0 aliphatic rings. The Morgan fingerprint density at radius 3 is 2.37 bits per heavy atom. The minimum absolute atomic E-state index is 0.0857. The predicted molar refractivity (Wildman–Crippen MR) is 136 cm³/mol. The van der Waals surface area contributed by atoms with Crippen LogP contribution in [0, 0.1) is 6.92 Å². The number of hydrogen-bond acceptors (Lipinski definition) is 7. The van der Waals surface area contributed by atoms with E-state index >= 15 is 0 Å². The van der Waals surface area contributed by atoms with Gasteiger partial charge in [-0.2, -0.15) is 0 Å². The van der Waals surface area contributed by atoms with E-state index in [9.17, 15) is 4.79 Å². The van der Waals surface area contributed by atoms with Gasteiger partial charge in [-0.25, -0.2) is 0 Å². The number of aryl methyl sites for hydroxylation is 1. The van der Waals surface area contributed by atoms with Gasteiger partial charge in [0.1, 0.15) is 23.9 Å². The van der Waals surface area contributed by atoms with Crippen LogP contribution in [0.2, 0.25) is 0 Å². The molecular formula is C27H27N3O4S. The van der Waals surface area contributed by atoms with Gasteiger partial charge >= 0.3 is 0 Å². The van der Waals surface area contributed by atoms with E-state index in [2.05, 4.69) is 10.2 Å². The molecule has 0 N–H and O–H groups in total. The van der Waals surface area contributed by atoms with E-state index in [1.807, 2.05) is 66.1 Å². The molecule has 7 nitrogen and oxygen atoms in total. The van der Waals surface area contributed by atoms with Crippen molar-refractivity contribution >= 4 is 17.5 Å². The van der Waals surface area contributed by atoms with Crippen LogP contribution in [0.4, 0.5) is 0 Å². The molecule has 1 heterocycles. The van der Waals surface area contributed by atoms with Crippen LogP contribution in [0.25, 0.3) is 0 Å². The predicted octanol–water partition coefficient (Wildman–Crippen LogP) is 5.21. The molecule has 35 heavy (non-hydrogen) atoms. The van der Waals surface area contributed by atoms with Gasteiger partial charge in [-0.3, -0.25) is 9.36 Å². The Bertz CT molecular complexity index is 1270. The summed E-state index contributed by atoms with van der Waals surface area (Å²) in [4.78, 5) is 13.0. The van der Waals surface area contributed by atoms with E-state index in [1.54, 1.807) is 32.4 Å². The Balaban J connectivity index is 1.53. The molecule has 0 unspecified atom stereocenters. The van der Waals surface area contributed by atoms with Gasteiger partial charge in [0, 0.05) is 0 Å². The third-order valence-electron chi connectivity index (χ3n) is 5.41. The molecule has 0 saturated carbocycles. The van der Waals surface area contributed by atoms with Crippen LogP contribution in [0.3, 0.4) is 0 Å². The summed E-state index contributed by atoms with van der Waals surface area (Å²) in [6, 6.07) is 23.1. The van der Waals surface area contributed by atoms with E-state index in [0.29, 0.717) is 34.6 Å². The van der Waals surface area contributed by atoms with Crippen LogP contribution in [0.15, 0.2) is 78.0 Å². The summed E-state index contributed by atoms with van der Waals surface area (Å²) < 4.78 is 18.6. The number of thioether (sulfide) groups is 1. The summed E-state index contributed by atoms with van der Waals surface area (Å²) >= 11 is 1.33. The SMILES string of the molecule is COc1ccc(OC)c(C(=O)CSc2nnc(COc3ccc(C)cc3)n2Cc2ccccc2)c1. The smallest absolute Gasteiger partial charge is 0.192 e. The summed E-state index contributed by atoms with van der Waals surface area (Å²) in [5, 5.41) is 9.38. The fourth-order valence-corrected chi connectivity index (χ4v) is 4.32. The van der Waals surface area contributed by atoms with E-state index in [0.717, 1.165) is 11.3 Å². The van der Waals surface area contributed by atoms with Crippen molar-refractivity contribution in [3.8, 4) is 17.2 Å². The number of ketones is 1. The zero-order valence-corrected chi connectivity index (χ0v) is 20.7. The fourth-order valence-electron chi connectivity index (χ4n) is 3.48. The number of Topliss-reactive ketones (excluding diaryl/α,β-unsaturated/α-hetero) is 1. The molecular weight excluding hydrogens is 462 g/mol. The number of nitrogens with zero attached hydrogens (tertiary/aromatic N) is 3. The van der Waals surface area contributed by atoms with Gasteiger partial charge in [0.05, 0.1) is 32.1 Å². The first-order chi connectivity index (χ1) is 17.1. The molecule has 0 radical (unpaired) electrons. The van der Waals surface area contributed by atoms with Crippen molar-refractivity contribution in [1.29, 1.82) is 0 Å². The number of benzene rings is 3. The van der Waals surface area contributed by atoms with E-state index in [-0.39, 0.29) is 18.1 Å². The van der Waals surface area contributed by atoms with Gasteiger partial charge in [-0.05, 0) is 42.8 Å². The summed E-state index contributed by atoms with van der Waals surface area (Å²) in [6.45, 7) is 2.87. The first-order valence-electron chi connectivity index (χ1n) is 11.1. The van der Waals surface area contributed by atoms with Gasteiger partial charge in [0.25, 0.3) is 0 Å². The van der Waals surface area contributed by atoms with Crippen molar-refractivity contribution in [2.45, 2.75) is 25.2 Å². The number of aromatic nitrogens is 3. The normalized spacial score (nSPS) is 10.7. The number of hydrogen-bond donors (Lipinski definition) is 0. The maximum Gasteiger partial charge on any atom is 0.192 e. The average molecular weight is 490 g/mol. The highest BCUT2D eigenvalue weighted by atomic mass is 32.2. The van der Waals surface area contributed by atoms with Crippen molar-refractivity contribution in [3.63, 3.8) is 0 Å². The second-order valence-electron chi connectivity index (χ2n) is 7.85. The third kappa shape index (κ3) is 6.22. The fraction of sp³-hybridized carbons (Fsp3) is 0.222. The molecule has 0 spiro atoms. The molecule has 3 aromatic carbocycles. The Morgan fingerprint density at radius 2 is 1.66 bits per heavy atom. The maximum atomic E-state index is 13.0. The molecule has 1 aromatic heterocycles. The molecule has 4 aromatic rings. The minimum Gasteiger partial charge on any atom is -0.497 e. The Hall–Kier alpha value is -3.78. The molecule has 0 fully saturated rings. The quantitative estimate of drug-likeness (QED) is 0.212. The maximum absolute atomic E-state index is 13.0. The zero-order valence-electron chi connectivity index (χ0n) is 19.9. The van der Waals surface area contributed by atoms with Gasteiger partial charge < -0.3 is 14.2 Å². The van der Waals surface area contributed by atoms with Crippen molar-refractivity contribution in [2.75, 3.05) is 20.0 Å². The molecule has 0 saturated heterocycles. The topological polar surface area (TPSA) is 75.5 Å².